The average Bonchev–Trinajstić information content (AvgIpc) is 2.67. The molecule has 1 amide bonds. The van der Waals surface area contributed by atoms with Crippen LogP contribution in [0.1, 0.15) is 11.1 Å². The minimum Gasteiger partial charge on any atom is -0.497 e. The van der Waals surface area contributed by atoms with Crippen molar-refractivity contribution < 1.29 is 31.1 Å². The zero-order valence-electron chi connectivity index (χ0n) is 15.5. The van der Waals surface area contributed by atoms with Gasteiger partial charge in [-0.05, 0) is 30.3 Å². The Bertz CT molecular complexity index is 990. The Hall–Kier alpha value is -2.92. The Morgan fingerprint density at radius 1 is 1.17 bits per heavy atom. The molecule has 2 aromatic carbocycles. The van der Waals surface area contributed by atoms with E-state index >= 15 is 0 Å². The van der Waals surface area contributed by atoms with Gasteiger partial charge in [-0.3, -0.25) is 4.79 Å². The normalized spacial score (nSPS) is 12.3. The molecule has 0 heterocycles. The summed E-state index contributed by atoms with van der Waals surface area (Å²) in [7, 11) is -1.31. The monoisotopic (exact) mass is 429 g/mol. The quantitative estimate of drug-likeness (QED) is 0.541. The molecule has 0 aliphatic heterocycles. The molecule has 0 radical (unpaired) electrons. The standard InChI is InChI=1S/C18H18F3N3O4S/c1-24(29(26,27)15-9-7-14(28-2)8-10-15)12-17(25)23-22-11-13-5-3-4-6-16(13)18(19,20)21/h3-11H,12H2,1-2H3,(H,23,25)/b22-11-. The molecule has 0 unspecified atom stereocenters. The van der Waals surface area contributed by atoms with Gasteiger partial charge in [-0.25, -0.2) is 13.8 Å². The van der Waals surface area contributed by atoms with Gasteiger partial charge in [-0.15, -0.1) is 0 Å². The first-order valence-electron chi connectivity index (χ1n) is 8.14. The van der Waals surface area contributed by atoms with E-state index in [2.05, 4.69) is 5.10 Å². The lowest BCUT2D eigenvalue weighted by molar-refractivity contribution is -0.137. The van der Waals surface area contributed by atoms with Crippen LogP contribution < -0.4 is 10.2 Å². The Labute approximate surface area is 165 Å². The molecule has 0 atom stereocenters. The number of benzene rings is 2. The Balaban J connectivity index is 2.03. The predicted molar refractivity (Wildman–Crippen MR) is 100.0 cm³/mol. The number of carbonyl (C=O) groups is 1. The molecule has 29 heavy (non-hydrogen) atoms. The molecule has 7 nitrogen and oxygen atoms in total. The minimum absolute atomic E-state index is 0.0452. The third-order valence-electron chi connectivity index (χ3n) is 3.79. The van der Waals surface area contributed by atoms with Crippen molar-refractivity contribution in [3.05, 3.63) is 59.7 Å². The van der Waals surface area contributed by atoms with Gasteiger partial charge in [0, 0.05) is 12.6 Å². The van der Waals surface area contributed by atoms with Crippen LogP contribution in [0.25, 0.3) is 0 Å². The van der Waals surface area contributed by atoms with Crippen LogP contribution in [0.15, 0.2) is 58.5 Å². The van der Waals surface area contributed by atoms with E-state index in [9.17, 15) is 26.4 Å². The number of likely N-dealkylation sites (N-methyl/N-ethyl adjacent to an activating group) is 1. The molecule has 0 aliphatic carbocycles. The smallest absolute Gasteiger partial charge is 0.417 e. The lowest BCUT2D eigenvalue weighted by Gasteiger charge is -2.16. The van der Waals surface area contributed by atoms with Gasteiger partial charge in [0.1, 0.15) is 5.75 Å². The number of hydrogen-bond acceptors (Lipinski definition) is 5. The van der Waals surface area contributed by atoms with E-state index in [0.29, 0.717) is 5.75 Å². The third-order valence-corrected chi connectivity index (χ3v) is 5.61. The first-order valence-corrected chi connectivity index (χ1v) is 9.58. The molecule has 11 heteroatoms. The highest BCUT2D eigenvalue weighted by atomic mass is 32.2. The number of hydrazone groups is 1. The molecule has 1 N–H and O–H groups in total. The van der Waals surface area contributed by atoms with Crippen LogP contribution in [0.3, 0.4) is 0 Å². The summed E-state index contributed by atoms with van der Waals surface area (Å²) in [6, 6.07) is 10.3. The number of carbonyl (C=O) groups excluding carboxylic acids is 1. The molecule has 0 fully saturated rings. The van der Waals surface area contributed by atoms with E-state index in [1.165, 1.54) is 56.6 Å². The van der Waals surface area contributed by atoms with E-state index < -0.39 is 34.2 Å². The summed E-state index contributed by atoms with van der Waals surface area (Å²) in [4.78, 5) is 11.9. The van der Waals surface area contributed by atoms with Crippen LogP contribution in [0.4, 0.5) is 13.2 Å². The highest BCUT2D eigenvalue weighted by Crippen LogP contribution is 2.31. The SMILES string of the molecule is COc1ccc(S(=O)(=O)N(C)CC(=O)N/N=C\c2ccccc2C(F)(F)F)cc1. The zero-order valence-corrected chi connectivity index (χ0v) is 16.3. The van der Waals surface area contributed by atoms with Gasteiger partial charge in [-0.1, -0.05) is 18.2 Å². The molecule has 0 saturated carbocycles. The minimum atomic E-state index is -4.57. The number of halogens is 3. The van der Waals surface area contributed by atoms with Crippen LogP contribution in [-0.4, -0.2) is 45.5 Å². The Morgan fingerprint density at radius 2 is 1.79 bits per heavy atom. The summed E-state index contributed by atoms with van der Waals surface area (Å²) in [5, 5.41) is 3.48. The summed E-state index contributed by atoms with van der Waals surface area (Å²) in [6.45, 7) is -0.577. The number of hydrogen-bond donors (Lipinski definition) is 1. The van der Waals surface area contributed by atoms with Gasteiger partial charge in [-0.2, -0.15) is 22.6 Å². The number of methoxy groups -OCH3 is 1. The summed E-state index contributed by atoms with van der Waals surface area (Å²) >= 11 is 0. The van der Waals surface area contributed by atoms with Crippen molar-refractivity contribution in [2.45, 2.75) is 11.1 Å². The average molecular weight is 429 g/mol. The van der Waals surface area contributed by atoms with E-state index in [0.717, 1.165) is 16.6 Å². The van der Waals surface area contributed by atoms with Crippen LogP contribution >= 0.6 is 0 Å². The molecule has 0 aromatic heterocycles. The van der Waals surface area contributed by atoms with Crippen LogP contribution in [0.2, 0.25) is 0 Å². The molecule has 2 rings (SSSR count). The van der Waals surface area contributed by atoms with E-state index in [1.54, 1.807) is 0 Å². The van der Waals surface area contributed by atoms with Gasteiger partial charge in [0.15, 0.2) is 0 Å². The maximum atomic E-state index is 12.9. The topological polar surface area (TPSA) is 88.1 Å². The van der Waals surface area contributed by atoms with Crippen molar-refractivity contribution >= 4 is 22.1 Å². The summed E-state index contributed by atoms with van der Waals surface area (Å²) in [6.07, 6.45) is -3.72. The van der Waals surface area contributed by atoms with Crippen molar-refractivity contribution in [3.8, 4) is 5.75 Å². The maximum Gasteiger partial charge on any atom is 0.417 e. The Morgan fingerprint density at radius 3 is 2.38 bits per heavy atom. The number of ether oxygens (including phenoxy) is 1. The van der Waals surface area contributed by atoms with Gasteiger partial charge in [0.2, 0.25) is 10.0 Å². The second-order valence-electron chi connectivity index (χ2n) is 5.81. The van der Waals surface area contributed by atoms with Gasteiger partial charge in [0.25, 0.3) is 5.91 Å². The molecule has 156 valence electrons. The maximum absolute atomic E-state index is 12.9. The summed E-state index contributed by atoms with van der Waals surface area (Å²) < 4.78 is 69.4. The first kappa shape index (κ1) is 22.4. The van der Waals surface area contributed by atoms with Crippen molar-refractivity contribution in [1.82, 2.24) is 9.73 Å². The van der Waals surface area contributed by atoms with Gasteiger partial charge < -0.3 is 4.74 Å². The first-order chi connectivity index (χ1) is 13.6. The van der Waals surface area contributed by atoms with Crippen molar-refractivity contribution in [2.75, 3.05) is 20.7 Å². The number of rotatable bonds is 7. The van der Waals surface area contributed by atoms with E-state index in [-0.39, 0.29) is 10.5 Å². The number of nitrogens with zero attached hydrogens (tertiary/aromatic N) is 2. The van der Waals surface area contributed by atoms with Crippen molar-refractivity contribution in [3.63, 3.8) is 0 Å². The largest absolute Gasteiger partial charge is 0.497 e. The molecule has 0 bridgehead atoms. The number of sulfonamides is 1. The fraction of sp³-hybridized carbons (Fsp3) is 0.222. The zero-order chi connectivity index (χ0) is 21.7. The van der Waals surface area contributed by atoms with E-state index in [4.69, 9.17) is 4.74 Å². The molecule has 0 aliphatic rings. The van der Waals surface area contributed by atoms with Crippen LogP contribution in [-0.2, 0) is 21.0 Å². The summed E-state index contributed by atoms with van der Waals surface area (Å²) in [5.41, 5.74) is 0.878. The lowest BCUT2D eigenvalue weighted by Crippen LogP contribution is -2.36. The Kier molecular flexibility index (Phi) is 6.98. The summed E-state index contributed by atoms with van der Waals surface area (Å²) in [5.74, 6) is -0.344. The van der Waals surface area contributed by atoms with Gasteiger partial charge in [0.05, 0.1) is 30.3 Å². The second kappa shape index (κ2) is 9.05. The number of alkyl halides is 3. The third kappa shape index (κ3) is 5.78. The molecule has 2 aromatic rings. The molecule has 0 saturated heterocycles. The van der Waals surface area contributed by atoms with Gasteiger partial charge >= 0.3 is 6.18 Å². The second-order valence-corrected chi connectivity index (χ2v) is 7.86. The van der Waals surface area contributed by atoms with Crippen LogP contribution in [0.5, 0.6) is 5.75 Å². The highest BCUT2D eigenvalue weighted by Gasteiger charge is 2.32. The van der Waals surface area contributed by atoms with Crippen LogP contribution in [0, 0.1) is 0 Å². The highest BCUT2D eigenvalue weighted by molar-refractivity contribution is 7.89. The predicted octanol–water partition coefficient (Wildman–Crippen LogP) is 2.48. The molecule has 0 spiro atoms. The fourth-order valence-corrected chi connectivity index (χ4v) is 3.42. The van der Waals surface area contributed by atoms with Crippen molar-refractivity contribution in [2.24, 2.45) is 5.10 Å². The van der Waals surface area contributed by atoms with Crippen molar-refractivity contribution in [1.29, 1.82) is 0 Å². The molecular weight excluding hydrogens is 411 g/mol. The lowest BCUT2D eigenvalue weighted by atomic mass is 10.1. The molecular formula is C18H18F3N3O4S. The van der Waals surface area contributed by atoms with E-state index in [1.807, 2.05) is 5.43 Å². The number of nitrogens with one attached hydrogen (secondary N) is 1. The number of amides is 1. The fourth-order valence-electron chi connectivity index (χ4n) is 2.29.